The van der Waals surface area contributed by atoms with Crippen molar-refractivity contribution in [3.05, 3.63) is 34.3 Å². The van der Waals surface area contributed by atoms with E-state index in [4.69, 9.17) is 0 Å². The molecule has 1 aromatic rings. The zero-order valence-corrected chi connectivity index (χ0v) is 13.1. The SMILES string of the molecule is CC(Cc1ccc(Br)cc1)NCC1(O)CCSC1. The monoisotopic (exact) mass is 329 g/mol. The van der Waals surface area contributed by atoms with Crippen LogP contribution in [0.1, 0.15) is 18.9 Å². The number of benzene rings is 1. The van der Waals surface area contributed by atoms with E-state index in [1.807, 2.05) is 11.8 Å². The Bertz CT molecular complexity index is 376. The molecule has 1 heterocycles. The van der Waals surface area contributed by atoms with Gasteiger partial charge in [0.1, 0.15) is 0 Å². The first-order valence-corrected chi connectivity index (χ1v) is 8.30. The van der Waals surface area contributed by atoms with Gasteiger partial charge in [0.25, 0.3) is 0 Å². The number of hydrogen-bond acceptors (Lipinski definition) is 3. The van der Waals surface area contributed by atoms with Crippen LogP contribution >= 0.6 is 27.7 Å². The van der Waals surface area contributed by atoms with E-state index in [0.717, 1.165) is 28.8 Å². The van der Waals surface area contributed by atoms with Crippen LogP contribution in [0, 0.1) is 0 Å². The molecule has 1 fully saturated rings. The van der Waals surface area contributed by atoms with Crippen molar-refractivity contribution < 1.29 is 5.11 Å². The lowest BCUT2D eigenvalue weighted by Crippen LogP contribution is -2.44. The molecule has 0 bridgehead atoms. The molecule has 1 saturated heterocycles. The van der Waals surface area contributed by atoms with E-state index in [1.165, 1.54) is 5.56 Å². The smallest absolute Gasteiger partial charge is 0.0869 e. The standard InChI is InChI=1S/C14H20BrNOS/c1-11(8-12-2-4-13(15)5-3-12)16-9-14(17)6-7-18-10-14/h2-5,11,16-17H,6-10H2,1H3. The summed E-state index contributed by atoms with van der Waals surface area (Å²) in [5.74, 6) is 1.95. The van der Waals surface area contributed by atoms with E-state index < -0.39 is 5.60 Å². The Morgan fingerprint density at radius 2 is 2.17 bits per heavy atom. The highest BCUT2D eigenvalue weighted by Crippen LogP contribution is 2.27. The lowest BCUT2D eigenvalue weighted by molar-refractivity contribution is 0.0651. The average molecular weight is 330 g/mol. The van der Waals surface area contributed by atoms with E-state index in [2.05, 4.69) is 52.4 Å². The normalized spacial score (nSPS) is 25.3. The lowest BCUT2D eigenvalue weighted by atomic mass is 10.0. The number of thioether (sulfide) groups is 1. The molecule has 18 heavy (non-hydrogen) atoms. The fourth-order valence-corrected chi connectivity index (χ4v) is 3.71. The Kier molecular flexibility index (Phi) is 5.13. The molecule has 2 nitrogen and oxygen atoms in total. The minimum atomic E-state index is -0.487. The Balaban J connectivity index is 1.78. The molecule has 0 amide bonds. The van der Waals surface area contributed by atoms with Crippen molar-refractivity contribution in [2.75, 3.05) is 18.1 Å². The van der Waals surface area contributed by atoms with Crippen LogP contribution in [0.5, 0.6) is 0 Å². The van der Waals surface area contributed by atoms with Crippen LogP contribution in [0.3, 0.4) is 0 Å². The van der Waals surface area contributed by atoms with Gasteiger partial charge in [0.05, 0.1) is 5.60 Å². The van der Waals surface area contributed by atoms with Crippen molar-refractivity contribution in [2.24, 2.45) is 0 Å². The number of hydrogen-bond donors (Lipinski definition) is 2. The molecular formula is C14H20BrNOS. The summed E-state index contributed by atoms with van der Waals surface area (Å²) in [6.07, 6.45) is 1.91. The summed E-state index contributed by atoms with van der Waals surface area (Å²) >= 11 is 5.29. The van der Waals surface area contributed by atoms with Gasteiger partial charge in [-0.25, -0.2) is 0 Å². The molecule has 4 heteroatoms. The van der Waals surface area contributed by atoms with Crippen LogP contribution in [-0.4, -0.2) is 34.8 Å². The minimum Gasteiger partial charge on any atom is -0.388 e. The molecule has 2 N–H and O–H groups in total. The van der Waals surface area contributed by atoms with Crippen molar-refractivity contribution in [3.8, 4) is 0 Å². The lowest BCUT2D eigenvalue weighted by Gasteiger charge is -2.24. The molecule has 2 unspecified atom stereocenters. The highest BCUT2D eigenvalue weighted by Gasteiger charge is 2.31. The number of rotatable bonds is 5. The molecule has 0 saturated carbocycles. The van der Waals surface area contributed by atoms with Gasteiger partial charge in [0, 0.05) is 22.8 Å². The summed E-state index contributed by atoms with van der Waals surface area (Å²) in [6, 6.07) is 8.82. The zero-order valence-electron chi connectivity index (χ0n) is 10.7. The molecule has 0 spiro atoms. The molecule has 0 aromatic heterocycles. The average Bonchev–Trinajstić information content (AvgIpc) is 2.78. The number of aliphatic hydroxyl groups is 1. The highest BCUT2D eigenvalue weighted by molar-refractivity contribution is 9.10. The van der Waals surface area contributed by atoms with Crippen molar-refractivity contribution in [1.82, 2.24) is 5.32 Å². The van der Waals surface area contributed by atoms with Gasteiger partial charge in [-0.15, -0.1) is 0 Å². The van der Waals surface area contributed by atoms with Gasteiger partial charge in [-0.3, -0.25) is 0 Å². The van der Waals surface area contributed by atoms with E-state index in [0.29, 0.717) is 12.6 Å². The van der Waals surface area contributed by atoms with Crippen LogP contribution in [0.25, 0.3) is 0 Å². The van der Waals surface area contributed by atoms with Gasteiger partial charge >= 0.3 is 0 Å². The zero-order chi connectivity index (χ0) is 13.0. The fraction of sp³-hybridized carbons (Fsp3) is 0.571. The molecule has 1 aliphatic rings. The maximum atomic E-state index is 10.3. The molecule has 1 aliphatic heterocycles. The first-order chi connectivity index (χ1) is 8.57. The highest BCUT2D eigenvalue weighted by atomic mass is 79.9. The molecule has 2 rings (SSSR count). The van der Waals surface area contributed by atoms with Crippen LogP contribution in [-0.2, 0) is 6.42 Å². The van der Waals surface area contributed by atoms with E-state index in [-0.39, 0.29) is 0 Å². The van der Waals surface area contributed by atoms with Crippen molar-refractivity contribution in [2.45, 2.75) is 31.4 Å². The van der Waals surface area contributed by atoms with Gasteiger partial charge in [0.15, 0.2) is 0 Å². The minimum absolute atomic E-state index is 0.390. The first-order valence-electron chi connectivity index (χ1n) is 6.35. The van der Waals surface area contributed by atoms with Gasteiger partial charge in [-0.2, -0.15) is 11.8 Å². The molecule has 0 aliphatic carbocycles. The van der Waals surface area contributed by atoms with Gasteiger partial charge in [-0.1, -0.05) is 28.1 Å². The van der Waals surface area contributed by atoms with E-state index in [1.54, 1.807) is 0 Å². The second kappa shape index (κ2) is 6.42. The third-order valence-corrected chi connectivity index (χ3v) is 5.08. The topological polar surface area (TPSA) is 32.3 Å². The van der Waals surface area contributed by atoms with E-state index in [9.17, 15) is 5.11 Å². The predicted octanol–water partition coefficient (Wildman–Crippen LogP) is 2.84. The quantitative estimate of drug-likeness (QED) is 0.871. The van der Waals surface area contributed by atoms with Gasteiger partial charge in [-0.05, 0) is 43.2 Å². The molecule has 100 valence electrons. The largest absolute Gasteiger partial charge is 0.388 e. The summed E-state index contributed by atoms with van der Waals surface area (Å²) in [5, 5.41) is 13.7. The van der Waals surface area contributed by atoms with Crippen molar-refractivity contribution in [1.29, 1.82) is 0 Å². The van der Waals surface area contributed by atoms with E-state index >= 15 is 0 Å². The molecule has 1 aromatic carbocycles. The fourth-order valence-electron chi connectivity index (χ4n) is 2.15. The van der Waals surface area contributed by atoms with Crippen LogP contribution in [0.2, 0.25) is 0 Å². The van der Waals surface area contributed by atoms with Crippen LogP contribution in [0.4, 0.5) is 0 Å². The summed E-state index contributed by atoms with van der Waals surface area (Å²) in [4.78, 5) is 0. The van der Waals surface area contributed by atoms with Gasteiger partial charge < -0.3 is 10.4 Å². The Morgan fingerprint density at radius 3 is 2.78 bits per heavy atom. The summed E-state index contributed by atoms with van der Waals surface area (Å²) < 4.78 is 1.11. The summed E-state index contributed by atoms with van der Waals surface area (Å²) in [7, 11) is 0. The number of halogens is 1. The Morgan fingerprint density at radius 1 is 1.44 bits per heavy atom. The second-order valence-electron chi connectivity index (χ2n) is 5.14. The predicted molar refractivity (Wildman–Crippen MR) is 82.2 cm³/mol. The van der Waals surface area contributed by atoms with Crippen molar-refractivity contribution >= 4 is 27.7 Å². The molecular weight excluding hydrogens is 310 g/mol. The van der Waals surface area contributed by atoms with Crippen molar-refractivity contribution in [3.63, 3.8) is 0 Å². The second-order valence-corrected chi connectivity index (χ2v) is 7.16. The van der Waals surface area contributed by atoms with Gasteiger partial charge in [0.2, 0.25) is 0 Å². The maximum absolute atomic E-state index is 10.3. The molecule has 2 atom stereocenters. The maximum Gasteiger partial charge on any atom is 0.0869 e. The third-order valence-electron chi connectivity index (χ3n) is 3.32. The summed E-state index contributed by atoms with van der Waals surface area (Å²) in [5.41, 5.74) is 0.838. The third kappa shape index (κ3) is 4.26. The molecule has 0 radical (unpaired) electrons. The van der Waals surface area contributed by atoms with Crippen LogP contribution < -0.4 is 5.32 Å². The first kappa shape index (κ1) is 14.4. The Hall–Kier alpha value is -0.0300. The number of nitrogens with one attached hydrogen (secondary N) is 1. The Labute approximate surface area is 122 Å². The summed E-state index contributed by atoms with van der Waals surface area (Å²) in [6.45, 7) is 2.88. The van der Waals surface area contributed by atoms with Crippen LogP contribution in [0.15, 0.2) is 28.7 Å².